The monoisotopic (exact) mass is 345 g/mol. The Morgan fingerprint density at radius 2 is 1.82 bits per heavy atom. The zero-order valence-corrected chi connectivity index (χ0v) is 14.2. The molecule has 0 saturated carbocycles. The molecule has 1 aliphatic rings. The highest BCUT2D eigenvalue weighted by Crippen LogP contribution is 2.24. The summed E-state index contributed by atoms with van der Waals surface area (Å²) in [6.07, 6.45) is 4.83. The van der Waals surface area contributed by atoms with E-state index in [9.17, 15) is 9.59 Å². The fourth-order valence-electron chi connectivity index (χ4n) is 2.61. The van der Waals surface area contributed by atoms with Gasteiger partial charge in [-0.25, -0.2) is 0 Å². The highest BCUT2D eigenvalue weighted by Gasteiger charge is 2.17. The lowest BCUT2D eigenvalue weighted by atomic mass is 10.2. The minimum absolute atomic E-state index is 0.102. The van der Waals surface area contributed by atoms with Crippen molar-refractivity contribution in [3.63, 3.8) is 0 Å². The van der Waals surface area contributed by atoms with Crippen molar-refractivity contribution < 1.29 is 9.59 Å². The molecule has 0 radical (unpaired) electrons. The van der Waals surface area contributed by atoms with Gasteiger partial charge in [-0.2, -0.15) is 0 Å². The number of likely N-dealkylation sites (tertiary alicyclic amines) is 1. The Balaban J connectivity index is 1.81. The first-order chi connectivity index (χ1) is 10.5. The lowest BCUT2D eigenvalue weighted by molar-refractivity contribution is -0.131. The maximum absolute atomic E-state index is 12.1. The van der Waals surface area contributed by atoms with Crippen molar-refractivity contribution in [3.05, 3.63) is 21.9 Å². The quantitative estimate of drug-likeness (QED) is 0.912. The predicted molar refractivity (Wildman–Crippen MR) is 87.4 cm³/mol. The molecule has 0 aromatic carbocycles. The summed E-state index contributed by atoms with van der Waals surface area (Å²) in [5, 5.41) is 3.41. The van der Waals surface area contributed by atoms with Crippen molar-refractivity contribution in [3.8, 4) is 0 Å². The van der Waals surface area contributed by atoms with Crippen LogP contribution in [0.2, 0.25) is 10.2 Å². The van der Waals surface area contributed by atoms with Gasteiger partial charge in [0.05, 0.1) is 5.02 Å². The molecule has 1 aliphatic heterocycles. The fourth-order valence-corrected chi connectivity index (χ4v) is 2.99. The Hall–Kier alpha value is -1.20. The number of nitrogens with one attached hydrogen (secondary N) is 1. The van der Waals surface area contributed by atoms with E-state index in [0.29, 0.717) is 28.8 Å². The number of carbonyl (C=O) groups is 2. The molecule has 0 unspecified atom stereocenters. The van der Waals surface area contributed by atoms with E-state index in [1.54, 1.807) is 7.05 Å². The predicted octanol–water partition coefficient (Wildman–Crippen LogP) is 2.85. The van der Waals surface area contributed by atoms with Gasteiger partial charge in [-0.15, -0.1) is 0 Å². The molecule has 2 rings (SSSR count). The summed E-state index contributed by atoms with van der Waals surface area (Å²) in [7, 11) is 1.67. The van der Waals surface area contributed by atoms with Gasteiger partial charge >= 0.3 is 0 Å². The molecule has 7 heteroatoms. The largest absolute Gasteiger partial charge is 0.350 e. The van der Waals surface area contributed by atoms with Gasteiger partial charge in [0.15, 0.2) is 0 Å². The Bertz CT molecular complexity index is 549. The molecule has 22 heavy (non-hydrogen) atoms. The molecule has 0 spiro atoms. The van der Waals surface area contributed by atoms with E-state index in [-0.39, 0.29) is 11.8 Å². The van der Waals surface area contributed by atoms with Crippen molar-refractivity contribution in [2.24, 2.45) is 7.05 Å². The lowest BCUT2D eigenvalue weighted by Crippen LogP contribution is -2.35. The zero-order chi connectivity index (χ0) is 16.1. The Kier molecular flexibility index (Phi) is 6.15. The second kappa shape index (κ2) is 7.88. The van der Waals surface area contributed by atoms with E-state index >= 15 is 0 Å². The summed E-state index contributed by atoms with van der Waals surface area (Å²) < 4.78 is 1.52. The van der Waals surface area contributed by atoms with Crippen LogP contribution < -0.4 is 5.32 Å². The van der Waals surface area contributed by atoms with Crippen molar-refractivity contribution in [1.29, 1.82) is 0 Å². The van der Waals surface area contributed by atoms with Gasteiger partial charge in [-0.05, 0) is 18.9 Å². The summed E-state index contributed by atoms with van der Waals surface area (Å²) in [6, 6.07) is 1.52. The van der Waals surface area contributed by atoms with Gasteiger partial charge in [-0.3, -0.25) is 9.59 Å². The minimum atomic E-state index is -0.278. The van der Waals surface area contributed by atoms with Crippen LogP contribution in [0.3, 0.4) is 0 Å². The highest BCUT2D eigenvalue weighted by atomic mass is 35.5. The molecule has 1 fully saturated rings. The van der Waals surface area contributed by atoms with E-state index < -0.39 is 0 Å². The van der Waals surface area contributed by atoms with Crippen molar-refractivity contribution in [1.82, 2.24) is 14.8 Å². The molecule has 5 nitrogen and oxygen atoms in total. The standard InChI is InChI=1S/C15H21Cl2N3O2/c1-19-12(10-11(16)14(19)17)15(22)18-7-6-13(21)20-8-4-2-3-5-9-20/h10H,2-9H2,1H3,(H,18,22). The van der Waals surface area contributed by atoms with Gasteiger partial charge in [0.25, 0.3) is 5.91 Å². The normalized spacial score (nSPS) is 15.5. The van der Waals surface area contributed by atoms with Gasteiger partial charge in [0, 0.05) is 33.1 Å². The third kappa shape index (κ3) is 4.17. The van der Waals surface area contributed by atoms with E-state index in [0.717, 1.165) is 25.9 Å². The molecule has 0 bridgehead atoms. The van der Waals surface area contributed by atoms with Gasteiger partial charge < -0.3 is 14.8 Å². The van der Waals surface area contributed by atoms with Crippen LogP contribution in [0.15, 0.2) is 6.07 Å². The maximum atomic E-state index is 12.1. The summed E-state index contributed by atoms with van der Waals surface area (Å²) in [4.78, 5) is 26.1. The SMILES string of the molecule is Cn1c(C(=O)NCCC(=O)N2CCCCCC2)cc(Cl)c1Cl. The molecule has 1 N–H and O–H groups in total. The van der Waals surface area contributed by atoms with Crippen molar-refractivity contribution in [2.75, 3.05) is 19.6 Å². The van der Waals surface area contributed by atoms with Crippen LogP contribution in [0.25, 0.3) is 0 Å². The molecular formula is C15H21Cl2N3O2. The molecule has 2 heterocycles. The molecule has 0 aliphatic carbocycles. The maximum Gasteiger partial charge on any atom is 0.268 e. The summed E-state index contributed by atoms with van der Waals surface area (Å²) in [6.45, 7) is 1.97. The second-order valence-corrected chi connectivity index (χ2v) is 6.29. The third-order valence-corrected chi connectivity index (χ3v) is 4.77. The number of hydrogen-bond acceptors (Lipinski definition) is 2. The fraction of sp³-hybridized carbons (Fsp3) is 0.600. The molecule has 0 atom stereocenters. The first-order valence-corrected chi connectivity index (χ1v) is 8.33. The van der Waals surface area contributed by atoms with Gasteiger partial charge in [0.1, 0.15) is 10.8 Å². The average molecular weight is 346 g/mol. The number of aromatic nitrogens is 1. The zero-order valence-electron chi connectivity index (χ0n) is 12.7. The lowest BCUT2D eigenvalue weighted by Gasteiger charge is -2.20. The number of carbonyl (C=O) groups excluding carboxylic acids is 2. The first kappa shape index (κ1) is 17.2. The summed E-state index contributed by atoms with van der Waals surface area (Å²) in [5.74, 6) is -0.176. The van der Waals surface area contributed by atoms with Crippen LogP contribution >= 0.6 is 23.2 Å². The first-order valence-electron chi connectivity index (χ1n) is 7.57. The molecule has 1 aromatic rings. The molecule has 1 saturated heterocycles. The highest BCUT2D eigenvalue weighted by molar-refractivity contribution is 6.41. The summed E-state index contributed by atoms with van der Waals surface area (Å²) >= 11 is 11.8. The van der Waals surface area contributed by atoms with Gasteiger partial charge in [0.2, 0.25) is 5.91 Å². The van der Waals surface area contributed by atoms with Crippen LogP contribution in [0, 0.1) is 0 Å². The number of amides is 2. The topological polar surface area (TPSA) is 54.3 Å². The van der Waals surface area contributed by atoms with E-state index in [1.165, 1.54) is 23.5 Å². The van der Waals surface area contributed by atoms with Crippen LogP contribution in [0.5, 0.6) is 0 Å². The number of rotatable bonds is 4. The Labute approximate surface area is 140 Å². The minimum Gasteiger partial charge on any atom is -0.350 e. The van der Waals surface area contributed by atoms with E-state index in [4.69, 9.17) is 23.2 Å². The van der Waals surface area contributed by atoms with Crippen molar-refractivity contribution in [2.45, 2.75) is 32.1 Å². The van der Waals surface area contributed by atoms with E-state index in [2.05, 4.69) is 5.32 Å². The van der Waals surface area contributed by atoms with Crippen LogP contribution in [-0.2, 0) is 11.8 Å². The van der Waals surface area contributed by atoms with Gasteiger partial charge in [-0.1, -0.05) is 36.0 Å². The van der Waals surface area contributed by atoms with Crippen LogP contribution in [-0.4, -0.2) is 40.9 Å². The average Bonchev–Trinajstić information content (AvgIpc) is 2.72. The number of nitrogens with zero attached hydrogens (tertiary/aromatic N) is 2. The van der Waals surface area contributed by atoms with Crippen LogP contribution in [0.4, 0.5) is 0 Å². The molecule has 2 amide bonds. The van der Waals surface area contributed by atoms with Crippen LogP contribution in [0.1, 0.15) is 42.6 Å². The second-order valence-electron chi connectivity index (χ2n) is 5.53. The molecule has 1 aromatic heterocycles. The number of halogens is 2. The Morgan fingerprint density at radius 3 is 2.36 bits per heavy atom. The summed E-state index contributed by atoms with van der Waals surface area (Å²) in [5.41, 5.74) is 0.386. The van der Waals surface area contributed by atoms with Crippen molar-refractivity contribution >= 4 is 35.0 Å². The number of hydrogen-bond donors (Lipinski definition) is 1. The smallest absolute Gasteiger partial charge is 0.268 e. The molecule has 122 valence electrons. The molecular weight excluding hydrogens is 325 g/mol. The Morgan fingerprint density at radius 1 is 1.18 bits per heavy atom. The van der Waals surface area contributed by atoms with E-state index in [1.807, 2.05) is 4.90 Å². The third-order valence-electron chi connectivity index (χ3n) is 3.93.